The van der Waals surface area contributed by atoms with E-state index in [1.165, 1.54) is 0 Å². The highest BCUT2D eigenvalue weighted by atomic mass is 16.6. The van der Waals surface area contributed by atoms with E-state index in [9.17, 15) is 10.1 Å². The van der Waals surface area contributed by atoms with Crippen LogP contribution in [0.4, 0.5) is 0 Å². The lowest BCUT2D eigenvalue weighted by Crippen LogP contribution is -2.20. The summed E-state index contributed by atoms with van der Waals surface area (Å²) < 4.78 is 0. The largest absolute Gasteiger partial charge is 0.264 e. The van der Waals surface area contributed by atoms with Gasteiger partial charge in [-0.1, -0.05) is 91.0 Å². The molecular weight excluding hydrogens is 286 g/mol. The second kappa shape index (κ2) is 6.88. The van der Waals surface area contributed by atoms with E-state index in [0.717, 1.165) is 16.7 Å². The van der Waals surface area contributed by atoms with E-state index in [4.69, 9.17) is 0 Å². The van der Waals surface area contributed by atoms with Crippen molar-refractivity contribution >= 4 is 0 Å². The third kappa shape index (κ3) is 3.29. The van der Waals surface area contributed by atoms with Crippen molar-refractivity contribution in [1.29, 1.82) is 0 Å². The van der Waals surface area contributed by atoms with Crippen LogP contribution in [0.5, 0.6) is 0 Å². The van der Waals surface area contributed by atoms with Crippen LogP contribution in [0.15, 0.2) is 91.0 Å². The number of nitro groups is 1. The summed E-state index contributed by atoms with van der Waals surface area (Å²) in [6.07, 6.45) is 0. The first kappa shape index (κ1) is 15.0. The van der Waals surface area contributed by atoms with E-state index < -0.39 is 6.04 Å². The van der Waals surface area contributed by atoms with Crippen LogP contribution >= 0.6 is 0 Å². The zero-order chi connectivity index (χ0) is 16.1. The van der Waals surface area contributed by atoms with E-state index in [0.29, 0.717) is 0 Å². The lowest BCUT2D eigenvalue weighted by atomic mass is 9.82. The van der Waals surface area contributed by atoms with E-state index in [1.807, 2.05) is 91.0 Å². The number of hydrogen-bond acceptors (Lipinski definition) is 2. The maximum absolute atomic E-state index is 11.9. The molecule has 0 bridgehead atoms. The molecule has 0 saturated heterocycles. The van der Waals surface area contributed by atoms with Gasteiger partial charge >= 0.3 is 0 Å². The highest BCUT2D eigenvalue weighted by Gasteiger charge is 2.35. The highest BCUT2D eigenvalue weighted by Crippen LogP contribution is 2.38. The zero-order valence-electron chi connectivity index (χ0n) is 12.6. The van der Waals surface area contributed by atoms with Crippen molar-refractivity contribution < 1.29 is 4.92 Å². The summed E-state index contributed by atoms with van der Waals surface area (Å²) in [4.78, 5) is 11.7. The molecule has 3 nitrogen and oxygen atoms in total. The van der Waals surface area contributed by atoms with Gasteiger partial charge in [-0.15, -0.1) is 0 Å². The Labute approximate surface area is 135 Å². The molecule has 0 saturated carbocycles. The van der Waals surface area contributed by atoms with Gasteiger partial charge in [0, 0.05) is 10.5 Å². The SMILES string of the molecule is O=[N+]([O-])C(c1ccccc1)C(c1ccccc1)c1ccccc1. The van der Waals surface area contributed by atoms with Crippen LogP contribution in [-0.2, 0) is 0 Å². The first-order chi connectivity index (χ1) is 11.3. The van der Waals surface area contributed by atoms with E-state index in [2.05, 4.69) is 0 Å². The summed E-state index contributed by atoms with van der Waals surface area (Å²) in [6, 6.07) is 27.8. The Morgan fingerprint density at radius 1 is 0.609 bits per heavy atom. The number of rotatable bonds is 5. The average molecular weight is 303 g/mol. The molecule has 3 heteroatoms. The molecular formula is C20H17NO2. The summed E-state index contributed by atoms with van der Waals surface area (Å²) >= 11 is 0. The summed E-state index contributed by atoms with van der Waals surface area (Å²) in [7, 11) is 0. The van der Waals surface area contributed by atoms with Gasteiger partial charge in [0.25, 0.3) is 0 Å². The van der Waals surface area contributed by atoms with Gasteiger partial charge in [-0.25, -0.2) is 0 Å². The molecule has 23 heavy (non-hydrogen) atoms. The van der Waals surface area contributed by atoms with Crippen molar-refractivity contribution in [1.82, 2.24) is 0 Å². The van der Waals surface area contributed by atoms with Crippen LogP contribution in [0.2, 0.25) is 0 Å². The van der Waals surface area contributed by atoms with Crippen molar-refractivity contribution in [2.75, 3.05) is 0 Å². The minimum Gasteiger partial charge on any atom is -0.264 e. The van der Waals surface area contributed by atoms with Crippen LogP contribution in [0.1, 0.15) is 28.7 Å². The van der Waals surface area contributed by atoms with E-state index in [1.54, 1.807) is 0 Å². The summed E-state index contributed by atoms with van der Waals surface area (Å²) in [5, 5.41) is 11.9. The number of hydrogen-bond donors (Lipinski definition) is 0. The van der Waals surface area contributed by atoms with Gasteiger partial charge < -0.3 is 0 Å². The third-order valence-electron chi connectivity index (χ3n) is 4.00. The summed E-state index contributed by atoms with van der Waals surface area (Å²) in [5.41, 5.74) is 2.61. The first-order valence-electron chi connectivity index (χ1n) is 7.55. The molecule has 0 spiro atoms. The zero-order valence-corrected chi connectivity index (χ0v) is 12.6. The van der Waals surface area contributed by atoms with E-state index >= 15 is 0 Å². The van der Waals surface area contributed by atoms with Gasteiger partial charge in [-0.2, -0.15) is 0 Å². The molecule has 0 aliphatic carbocycles. The van der Waals surface area contributed by atoms with Crippen molar-refractivity contribution in [3.8, 4) is 0 Å². The van der Waals surface area contributed by atoms with Gasteiger partial charge in [0.15, 0.2) is 0 Å². The second-order valence-corrected chi connectivity index (χ2v) is 5.44. The van der Waals surface area contributed by atoms with Crippen molar-refractivity contribution in [3.63, 3.8) is 0 Å². The van der Waals surface area contributed by atoms with Crippen molar-refractivity contribution in [2.24, 2.45) is 0 Å². The molecule has 3 aromatic rings. The molecule has 0 aromatic heterocycles. The molecule has 0 heterocycles. The Morgan fingerprint density at radius 3 is 1.30 bits per heavy atom. The van der Waals surface area contributed by atoms with Gasteiger partial charge in [-0.3, -0.25) is 10.1 Å². The third-order valence-corrected chi connectivity index (χ3v) is 4.00. The van der Waals surface area contributed by atoms with E-state index in [-0.39, 0.29) is 10.8 Å². The molecule has 3 rings (SSSR count). The summed E-state index contributed by atoms with van der Waals surface area (Å²) in [5.74, 6) is -0.324. The normalized spacial score (nSPS) is 12.0. The fourth-order valence-electron chi connectivity index (χ4n) is 2.96. The van der Waals surface area contributed by atoms with Crippen LogP contribution in [0.3, 0.4) is 0 Å². The van der Waals surface area contributed by atoms with Crippen LogP contribution < -0.4 is 0 Å². The lowest BCUT2D eigenvalue weighted by molar-refractivity contribution is -0.531. The molecule has 0 aliphatic rings. The molecule has 0 fully saturated rings. The maximum Gasteiger partial charge on any atom is 0.248 e. The van der Waals surface area contributed by atoms with Gasteiger partial charge in [0.2, 0.25) is 6.04 Å². The Hall–Kier alpha value is -2.94. The van der Waals surface area contributed by atoms with Crippen LogP contribution in [0.25, 0.3) is 0 Å². The molecule has 1 unspecified atom stereocenters. The Morgan fingerprint density at radius 2 is 0.957 bits per heavy atom. The smallest absolute Gasteiger partial charge is 0.248 e. The minimum absolute atomic E-state index is 0.181. The van der Waals surface area contributed by atoms with Gasteiger partial charge in [-0.05, 0) is 11.1 Å². The number of benzene rings is 3. The fraction of sp³-hybridized carbons (Fsp3) is 0.100. The van der Waals surface area contributed by atoms with Crippen molar-refractivity contribution in [2.45, 2.75) is 12.0 Å². The second-order valence-electron chi connectivity index (χ2n) is 5.44. The molecule has 0 amide bonds. The molecule has 0 N–H and O–H groups in total. The topological polar surface area (TPSA) is 43.1 Å². The maximum atomic E-state index is 11.9. The molecule has 1 atom stereocenters. The molecule has 0 aliphatic heterocycles. The standard InChI is InChI=1S/C20H17NO2/c22-21(23)20(18-14-8-3-9-15-18)19(16-10-4-1-5-11-16)17-12-6-2-7-13-17/h1-15,19-20H. The highest BCUT2D eigenvalue weighted by molar-refractivity contribution is 5.36. The average Bonchev–Trinajstić information content (AvgIpc) is 2.61. The van der Waals surface area contributed by atoms with Crippen molar-refractivity contribution in [3.05, 3.63) is 118 Å². The monoisotopic (exact) mass is 303 g/mol. The quantitative estimate of drug-likeness (QED) is 0.500. The Balaban J connectivity index is 2.15. The molecule has 114 valence electrons. The fourth-order valence-corrected chi connectivity index (χ4v) is 2.96. The summed E-state index contributed by atoms with van der Waals surface area (Å²) in [6.45, 7) is 0. The predicted molar refractivity (Wildman–Crippen MR) is 90.9 cm³/mol. The van der Waals surface area contributed by atoms with Crippen LogP contribution in [0, 0.1) is 10.1 Å². The molecule has 0 radical (unpaired) electrons. The number of nitrogens with zero attached hydrogens (tertiary/aromatic N) is 1. The molecule has 3 aromatic carbocycles. The van der Waals surface area contributed by atoms with Gasteiger partial charge in [0.05, 0.1) is 5.92 Å². The minimum atomic E-state index is -0.819. The lowest BCUT2D eigenvalue weighted by Gasteiger charge is -2.22. The Kier molecular flexibility index (Phi) is 4.48. The van der Waals surface area contributed by atoms with Gasteiger partial charge in [0.1, 0.15) is 0 Å². The van der Waals surface area contributed by atoms with Crippen LogP contribution in [-0.4, -0.2) is 4.92 Å². The Bertz CT molecular complexity index is 718. The predicted octanol–water partition coefficient (Wildman–Crippen LogP) is 4.84. The first-order valence-corrected chi connectivity index (χ1v) is 7.55.